The second-order valence-corrected chi connectivity index (χ2v) is 12.9. The van der Waals surface area contributed by atoms with E-state index in [-0.39, 0.29) is 36.4 Å². The standard InChI is InChI=1S/C22H30N2O6S2/c1-14(25)24-22-10-15-7-16(11-22)9-21(8-15,13-22)20(27)30-12-18(26)19-4-3-17(31-19)5-6-23-32(2,28)29/h3-4,15-16,23H,5-13H2,1-2H3,(H,24,25). The molecule has 10 heteroatoms. The Balaban J connectivity index is 1.35. The van der Waals surface area contributed by atoms with Crippen molar-refractivity contribution < 1.29 is 27.5 Å². The maximum atomic E-state index is 13.2. The van der Waals surface area contributed by atoms with Crippen LogP contribution >= 0.6 is 11.3 Å². The molecule has 176 valence electrons. The molecule has 0 radical (unpaired) electrons. The molecular weight excluding hydrogens is 452 g/mol. The molecule has 2 N–H and O–H groups in total. The van der Waals surface area contributed by atoms with Gasteiger partial charge in [-0.2, -0.15) is 0 Å². The van der Waals surface area contributed by atoms with E-state index >= 15 is 0 Å². The van der Waals surface area contributed by atoms with Crippen molar-refractivity contribution >= 4 is 39.0 Å². The molecule has 1 amide bonds. The Morgan fingerprint density at radius 3 is 2.47 bits per heavy atom. The van der Waals surface area contributed by atoms with E-state index in [1.807, 2.05) is 0 Å². The van der Waals surface area contributed by atoms with Gasteiger partial charge in [-0.1, -0.05) is 0 Å². The number of ketones is 1. The van der Waals surface area contributed by atoms with Crippen LogP contribution in [0.4, 0.5) is 0 Å². The van der Waals surface area contributed by atoms with Crippen LogP contribution in [0.1, 0.15) is 60.0 Å². The Kier molecular flexibility index (Phi) is 6.23. The smallest absolute Gasteiger partial charge is 0.312 e. The van der Waals surface area contributed by atoms with E-state index < -0.39 is 15.4 Å². The van der Waals surface area contributed by atoms with Crippen molar-refractivity contribution in [1.29, 1.82) is 0 Å². The molecule has 4 aliphatic rings. The maximum absolute atomic E-state index is 13.2. The zero-order valence-corrected chi connectivity index (χ0v) is 20.1. The summed E-state index contributed by atoms with van der Waals surface area (Å²) < 4.78 is 30.3. The van der Waals surface area contributed by atoms with Gasteiger partial charge in [0.05, 0.1) is 16.5 Å². The van der Waals surface area contributed by atoms with Gasteiger partial charge in [0.2, 0.25) is 21.7 Å². The lowest BCUT2D eigenvalue weighted by atomic mass is 9.47. The van der Waals surface area contributed by atoms with Gasteiger partial charge in [-0.25, -0.2) is 13.1 Å². The lowest BCUT2D eigenvalue weighted by Crippen LogP contribution is -2.64. The number of rotatable bonds is 9. The number of Topliss-reactive ketones (excluding diaryl/α,β-unsaturated/α-hetero) is 1. The van der Waals surface area contributed by atoms with E-state index in [2.05, 4.69) is 10.0 Å². The van der Waals surface area contributed by atoms with Gasteiger partial charge in [-0.15, -0.1) is 11.3 Å². The minimum absolute atomic E-state index is 0.0640. The number of carbonyl (C=O) groups is 3. The second kappa shape index (κ2) is 8.53. The first-order valence-electron chi connectivity index (χ1n) is 11.0. The molecule has 8 nitrogen and oxygen atoms in total. The fourth-order valence-electron chi connectivity index (χ4n) is 6.40. The molecule has 0 aliphatic heterocycles. The minimum atomic E-state index is -3.25. The van der Waals surface area contributed by atoms with Crippen LogP contribution in [-0.2, 0) is 30.8 Å². The second-order valence-electron chi connectivity index (χ2n) is 9.88. The van der Waals surface area contributed by atoms with Crippen LogP contribution in [0, 0.1) is 17.3 Å². The van der Waals surface area contributed by atoms with Crippen LogP contribution in [0.2, 0.25) is 0 Å². The Morgan fingerprint density at radius 2 is 1.84 bits per heavy atom. The molecule has 1 heterocycles. The summed E-state index contributed by atoms with van der Waals surface area (Å²) in [4.78, 5) is 38.9. The summed E-state index contributed by atoms with van der Waals surface area (Å²) in [5, 5.41) is 3.13. The van der Waals surface area contributed by atoms with Crippen LogP contribution in [-0.4, -0.2) is 51.0 Å². The SMILES string of the molecule is CC(=O)NC12CC3CC(C1)CC(C(=O)OCC(=O)c1ccc(CCNS(C)(=O)=O)s1)(C3)C2. The Labute approximate surface area is 192 Å². The summed E-state index contributed by atoms with van der Waals surface area (Å²) >= 11 is 1.29. The topological polar surface area (TPSA) is 119 Å². The Bertz CT molecular complexity index is 1020. The molecule has 1 aromatic heterocycles. The number of carbonyl (C=O) groups excluding carboxylic acids is 3. The fourth-order valence-corrected chi connectivity index (χ4v) is 7.80. The van der Waals surface area contributed by atoms with Crippen LogP contribution in [0.3, 0.4) is 0 Å². The lowest BCUT2D eigenvalue weighted by Gasteiger charge is -2.60. The number of nitrogens with one attached hydrogen (secondary N) is 2. The molecule has 5 rings (SSSR count). The molecule has 4 saturated carbocycles. The van der Waals surface area contributed by atoms with Crippen LogP contribution in [0.5, 0.6) is 0 Å². The largest absolute Gasteiger partial charge is 0.457 e. The molecule has 2 atom stereocenters. The number of sulfonamides is 1. The van der Waals surface area contributed by atoms with E-state index in [1.54, 1.807) is 12.1 Å². The molecule has 0 spiro atoms. The van der Waals surface area contributed by atoms with Gasteiger partial charge in [-0.3, -0.25) is 14.4 Å². The highest BCUT2D eigenvalue weighted by Crippen LogP contribution is 2.62. The lowest BCUT2D eigenvalue weighted by molar-refractivity contribution is -0.174. The molecule has 2 unspecified atom stereocenters. The molecule has 32 heavy (non-hydrogen) atoms. The first-order chi connectivity index (χ1) is 15.0. The summed E-state index contributed by atoms with van der Waals surface area (Å²) in [7, 11) is -3.25. The van der Waals surface area contributed by atoms with Gasteiger partial charge in [-0.05, 0) is 68.9 Å². The Morgan fingerprint density at radius 1 is 1.16 bits per heavy atom. The highest BCUT2D eigenvalue weighted by atomic mass is 32.2. The molecule has 0 aromatic carbocycles. The van der Waals surface area contributed by atoms with Crippen LogP contribution in [0.15, 0.2) is 12.1 Å². The third-order valence-electron chi connectivity index (χ3n) is 6.94. The molecule has 0 saturated heterocycles. The minimum Gasteiger partial charge on any atom is -0.457 e. The summed E-state index contributed by atoms with van der Waals surface area (Å²) in [6.45, 7) is 1.49. The normalized spacial score (nSPS) is 30.8. The van der Waals surface area contributed by atoms with Crippen LogP contribution < -0.4 is 10.0 Å². The average molecular weight is 483 g/mol. The third kappa shape index (κ3) is 5.07. The number of esters is 1. The van der Waals surface area contributed by atoms with Crippen molar-refractivity contribution in [1.82, 2.24) is 10.0 Å². The number of hydrogen-bond acceptors (Lipinski definition) is 7. The number of amides is 1. The molecule has 4 bridgehead atoms. The van der Waals surface area contributed by atoms with E-state index in [4.69, 9.17) is 4.74 Å². The highest BCUT2D eigenvalue weighted by Gasteiger charge is 2.61. The molecule has 4 fully saturated rings. The van der Waals surface area contributed by atoms with Gasteiger partial charge in [0.15, 0.2) is 6.61 Å². The van der Waals surface area contributed by atoms with E-state index in [9.17, 15) is 22.8 Å². The van der Waals surface area contributed by atoms with Crippen molar-refractivity contribution in [2.24, 2.45) is 17.3 Å². The Hall–Kier alpha value is -1.78. The van der Waals surface area contributed by atoms with Crippen molar-refractivity contribution in [3.05, 3.63) is 21.9 Å². The van der Waals surface area contributed by atoms with Crippen LogP contribution in [0.25, 0.3) is 0 Å². The first-order valence-corrected chi connectivity index (χ1v) is 13.7. The summed E-state index contributed by atoms with van der Waals surface area (Å²) in [5.41, 5.74) is -0.924. The maximum Gasteiger partial charge on any atom is 0.312 e. The summed E-state index contributed by atoms with van der Waals surface area (Å²) in [6, 6.07) is 3.48. The van der Waals surface area contributed by atoms with Crippen molar-refractivity contribution in [3.8, 4) is 0 Å². The van der Waals surface area contributed by atoms with Gasteiger partial charge in [0.25, 0.3) is 0 Å². The van der Waals surface area contributed by atoms with Gasteiger partial charge >= 0.3 is 5.97 Å². The zero-order valence-electron chi connectivity index (χ0n) is 18.4. The van der Waals surface area contributed by atoms with E-state index in [1.165, 1.54) is 18.3 Å². The first kappa shape index (κ1) is 23.4. The van der Waals surface area contributed by atoms with Crippen molar-refractivity contribution in [3.63, 3.8) is 0 Å². The quantitative estimate of drug-likeness (QED) is 0.411. The van der Waals surface area contributed by atoms with Gasteiger partial charge in [0, 0.05) is 23.9 Å². The molecular formula is C22H30N2O6S2. The monoisotopic (exact) mass is 482 g/mol. The summed E-state index contributed by atoms with van der Waals surface area (Å²) in [5.74, 6) is 0.181. The predicted molar refractivity (Wildman–Crippen MR) is 120 cm³/mol. The summed E-state index contributed by atoms with van der Waals surface area (Å²) in [6.07, 6.45) is 6.67. The average Bonchev–Trinajstić information content (AvgIpc) is 3.11. The molecule has 4 aliphatic carbocycles. The van der Waals surface area contributed by atoms with Gasteiger partial charge < -0.3 is 10.1 Å². The van der Waals surface area contributed by atoms with Crippen molar-refractivity contribution in [2.75, 3.05) is 19.4 Å². The predicted octanol–water partition coefficient (Wildman–Crippen LogP) is 2.04. The van der Waals surface area contributed by atoms with Gasteiger partial charge in [0.1, 0.15) is 0 Å². The number of ether oxygens (including phenoxy) is 1. The number of thiophene rings is 1. The zero-order chi connectivity index (χ0) is 23.1. The fraction of sp³-hybridized carbons (Fsp3) is 0.682. The highest BCUT2D eigenvalue weighted by molar-refractivity contribution is 7.88. The molecule has 1 aromatic rings. The van der Waals surface area contributed by atoms with Crippen molar-refractivity contribution in [2.45, 2.75) is 57.4 Å². The van der Waals surface area contributed by atoms with E-state index in [0.29, 0.717) is 29.6 Å². The van der Waals surface area contributed by atoms with E-state index in [0.717, 1.165) is 43.2 Å². The number of hydrogen-bond donors (Lipinski definition) is 2. The third-order valence-corrected chi connectivity index (χ3v) is 8.86.